The Hall–Kier alpha value is -1.58. The summed E-state index contributed by atoms with van der Waals surface area (Å²) in [5.41, 5.74) is 1.08. The van der Waals surface area contributed by atoms with Crippen LogP contribution in [0.1, 0.15) is 19.5 Å². The zero-order chi connectivity index (χ0) is 11.6. The van der Waals surface area contributed by atoms with E-state index < -0.39 is 0 Å². The number of aromatic nitrogens is 1. The van der Waals surface area contributed by atoms with Gasteiger partial charge in [0.1, 0.15) is 0 Å². The van der Waals surface area contributed by atoms with Gasteiger partial charge in [-0.15, -0.1) is 0 Å². The smallest absolute Gasteiger partial charge is 0.191 e. The highest BCUT2D eigenvalue weighted by molar-refractivity contribution is 5.79. The molecule has 4 heteroatoms. The van der Waals surface area contributed by atoms with Gasteiger partial charge in [-0.25, -0.2) is 0 Å². The molecule has 0 spiro atoms. The first-order valence-electron chi connectivity index (χ1n) is 5.79. The molecule has 0 aliphatic rings. The first-order valence-corrected chi connectivity index (χ1v) is 5.79. The normalized spacial score (nSPS) is 9.62. The standard InChI is InChI=1S/C12H20N4/c1-3-13-12(14-4-2)16-10-8-11-7-5-6-9-15-11/h5-7,9H,3-4,8,10H2,1-2H3,(H2,13,14,16). The van der Waals surface area contributed by atoms with E-state index in [1.165, 1.54) is 0 Å². The van der Waals surface area contributed by atoms with E-state index in [0.717, 1.165) is 37.7 Å². The molecule has 0 saturated carbocycles. The van der Waals surface area contributed by atoms with E-state index in [2.05, 4.69) is 34.5 Å². The fourth-order valence-corrected chi connectivity index (χ4v) is 1.34. The Morgan fingerprint density at radius 2 is 2.00 bits per heavy atom. The molecule has 1 aromatic rings. The van der Waals surface area contributed by atoms with Gasteiger partial charge in [0.25, 0.3) is 0 Å². The van der Waals surface area contributed by atoms with Gasteiger partial charge in [0, 0.05) is 37.9 Å². The van der Waals surface area contributed by atoms with Crippen molar-refractivity contribution in [3.8, 4) is 0 Å². The molecule has 1 rings (SSSR count). The number of hydrogen-bond donors (Lipinski definition) is 2. The first kappa shape index (κ1) is 12.5. The summed E-state index contributed by atoms with van der Waals surface area (Å²) in [4.78, 5) is 8.71. The lowest BCUT2D eigenvalue weighted by Crippen LogP contribution is -2.37. The molecular formula is C12H20N4. The van der Waals surface area contributed by atoms with Crippen LogP contribution in [-0.4, -0.2) is 30.6 Å². The lowest BCUT2D eigenvalue weighted by Gasteiger charge is -2.08. The third-order valence-electron chi connectivity index (χ3n) is 2.05. The Morgan fingerprint density at radius 3 is 2.56 bits per heavy atom. The largest absolute Gasteiger partial charge is 0.357 e. The van der Waals surface area contributed by atoms with Gasteiger partial charge in [-0.1, -0.05) is 6.07 Å². The van der Waals surface area contributed by atoms with Crippen LogP contribution in [0.2, 0.25) is 0 Å². The minimum Gasteiger partial charge on any atom is -0.357 e. The summed E-state index contributed by atoms with van der Waals surface area (Å²) in [5, 5.41) is 6.38. The predicted octanol–water partition coefficient (Wildman–Crippen LogP) is 1.20. The Labute approximate surface area is 97.2 Å². The average molecular weight is 220 g/mol. The number of hydrogen-bond acceptors (Lipinski definition) is 2. The predicted molar refractivity (Wildman–Crippen MR) is 67.6 cm³/mol. The number of aliphatic imine (C=N–C) groups is 1. The lowest BCUT2D eigenvalue weighted by molar-refractivity contribution is 0.827. The van der Waals surface area contributed by atoms with Crippen LogP contribution in [0.15, 0.2) is 29.4 Å². The van der Waals surface area contributed by atoms with E-state index >= 15 is 0 Å². The van der Waals surface area contributed by atoms with Crippen LogP contribution >= 0.6 is 0 Å². The van der Waals surface area contributed by atoms with Crippen molar-refractivity contribution < 1.29 is 0 Å². The molecule has 1 aromatic heterocycles. The highest BCUT2D eigenvalue weighted by Gasteiger charge is 1.95. The van der Waals surface area contributed by atoms with Crippen molar-refractivity contribution in [3.63, 3.8) is 0 Å². The number of pyridine rings is 1. The van der Waals surface area contributed by atoms with Crippen molar-refractivity contribution >= 4 is 5.96 Å². The molecule has 0 aliphatic carbocycles. The van der Waals surface area contributed by atoms with Crippen LogP contribution in [0.4, 0.5) is 0 Å². The summed E-state index contributed by atoms with van der Waals surface area (Å²) < 4.78 is 0. The highest BCUT2D eigenvalue weighted by atomic mass is 15.2. The molecule has 0 aliphatic heterocycles. The molecule has 0 amide bonds. The Morgan fingerprint density at radius 1 is 1.25 bits per heavy atom. The molecule has 0 radical (unpaired) electrons. The maximum absolute atomic E-state index is 4.45. The molecule has 88 valence electrons. The molecule has 0 saturated heterocycles. The molecule has 0 atom stereocenters. The lowest BCUT2D eigenvalue weighted by atomic mass is 10.3. The van der Waals surface area contributed by atoms with Crippen molar-refractivity contribution in [1.82, 2.24) is 15.6 Å². The van der Waals surface area contributed by atoms with E-state index in [4.69, 9.17) is 0 Å². The van der Waals surface area contributed by atoms with Gasteiger partial charge in [-0.3, -0.25) is 9.98 Å². The molecule has 0 fully saturated rings. The number of guanidine groups is 1. The molecule has 0 unspecified atom stereocenters. The number of nitrogens with zero attached hydrogens (tertiary/aromatic N) is 2. The van der Waals surface area contributed by atoms with Crippen LogP contribution in [-0.2, 0) is 6.42 Å². The SMILES string of the molecule is CCNC(=NCCc1ccccn1)NCC. The maximum atomic E-state index is 4.45. The number of nitrogens with one attached hydrogen (secondary N) is 2. The second kappa shape index (κ2) is 7.68. The fourth-order valence-electron chi connectivity index (χ4n) is 1.34. The van der Waals surface area contributed by atoms with Crippen molar-refractivity contribution in [1.29, 1.82) is 0 Å². The minimum atomic E-state index is 0.756. The third kappa shape index (κ3) is 4.77. The summed E-state index contributed by atoms with van der Waals surface area (Å²) >= 11 is 0. The van der Waals surface area contributed by atoms with Crippen molar-refractivity contribution in [2.24, 2.45) is 4.99 Å². The van der Waals surface area contributed by atoms with Crippen LogP contribution in [0, 0.1) is 0 Å². The molecule has 16 heavy (non-hydrogen) atoms. The van der Waals surface area contributed by atoms with E-state index in [1.807, 2.05) is 24.4 Å². The van der Waals surface area contributed by atoms with Gasteiger partial charge >= 0.3 is 0 Å². The minimum absolute atomic E-state index is 0.756. The zero-order valence-electron chi connectivity index (χ0n) is 10.0. The van der Waals surface area contributed by atoms with Gasteiger partial charge in [0.2, 0.25) is 0 Å². The Balaban J connectivity index is 2.38. The molecule has 1 heterocycles. The summed E-state index contributed by atoms with van der Waals surface area (Å²) in [6, 6.07) is 5.95. The van der Waals surface area contributed by atoms with Crippen molar-refractivity contribution in [2.45, 2.75) is 20.3 Å². The number of rotatable bonds is 5. The molecule has 4 nitrogen and oxygen atoms in total. The molecule has 0 aromatic carbocycles. The summed E-state index contributed by atoms with van der Waals surface area (Å²) in [5.74, 6) is 0.876. The Bertz CT molecular complexity index is 300. The zero-order valence-corrected chi connectivity index (χ0v) is 10.0. The summed E-state index contributed by atoms with van der Waals surface area (Å²) in [7, 11) is 0. The fraction of sp³-hybridized carbons (Fsp3) is 0.500. The second-order valence-electron chi connectivity index (χ2n) is 3.36. The highest BCUT2D eigenvalue weighted by Crippen LogP contribution is 1.94. The van der Waals surface area contributed by atoms with E-state index in [-0.39, 0.29) is 0 Å². The second-order valence-corrected chi connectivity index (χ2v) is 3.36. The first-order chi connectivity index (χ1) is 7.86. The van der Waals surface area contributed by atoms with Crippen molar-refractivity contribution in [2.75, 3.05) is 19.6 Å². The molecular weight excluding hydrogens is 200 g/mol. The van der Waals surface area contributed by atoms with Crippen molar-refractivity contribution in [3.05, 3.63) is 30.1 Å². The summed E-state index contributed by atoms with van der Waals surface area (Å²) in [6.45, 7) is 6.65. The topological polar surface area (TPSA) is 49.3 Å². The van der Waals surface area contributed by atoms with Crippen LogP contribution in [0.25, 0.3) is 0 Å². The van der Waals surface area contributed by atoms with Gasteiger partial charge < -0.3 is 10.6 Å². The van der Waals surface area contributed by atoms with Gasteiger partial charge in [0.05, 0.1) is 0 Å². The van der Waals surface area contributed by atoms with E-state index in [1.54, 1.807) is 0 Å². The van der Waals surface area contributed by atoms with Crippen LogP contribution in [0.3, 0.4) is 0 Å². The van der Waals surface area contributed by atoms with Gasteiger partial charge in [-0.05, 0) is 26.0 Å². The average Bonchev–Trinajstić information content (AvgIpc) is 2.31. The van der Waals surface area contributed by atoms with Crippen LogP contribution in [0.5, 0.6) is 0 Å². The maximum Gasteiger partial charge on any atom is 0.191 e. The van der Waals surface area contributed by atoms with Gasteiger partial charge in [0.15, 0.2) is 5.96 Å². The van der Waals surface area contributed by atoms with E-state index in [0.29, 0.717) is 0 Å². The Kier molecular flexibility index (Phi) is 5.99. The molecule has 2 N–H and O–H groups in total. The third-order valence-corrected chi connectivity index (χ3v) is 2.05. The van der Waals surface area contributed by atoms with Crippen LogP contribution < -0.4 is 10.6 Å². The molecule has 0 bridgehead atoms. The van der Waals surface area contributed by atoms with E-state index in [9.17, 15) is 0 Å². The van der Waals surface area contributed by atoms with Gasteiger partial charge in [-0.2, -0.15) is 0 Å². The monoisotopic (exact) mass is 220 g/mol. The summed E-state index contributed by atoms with van der Waals surface area (Å²) in [6.07, 6.45) is 2.69. The quantitative estimate of drug-likeness (QED) is 0.579.